The number of hydrogen-bond donors (Lipinski definition) is 1. The van der Waals surface area contributed by atoms with Crippen molar-refractivity contribution >= 4 is 5.82 Å². The minimum Gasteiger partial charge on any atom is -0.490 e. The number of pyridine rings is 1. The van der Waals surface area contributed by atoms with Gasteiger partial charge in [0.25, 0.3) is 0 Å². The van der Waals surface area contributed by atoms with Crippen LogP contribution in [0, 0.1) is 0 Å². The van der Waals surface area contributed by atoms with Crippen LogP contribution in [0.2, 0.25) is 0 Å². The molecule has 0 aliphatic carbocycles. The van der Waals surface area contributed by atoms with E-state index in [0.29, 0.717) is 0 Å². The standard InChI is InChI=1S/C16H28N2O/c1-3-5-6-7-8-9-12-17-16-15(19-14-4-2)11-10-13-18-16/h10-11,13H,3-9,12,14H2,1-2H3,(H,17,18). The maximum atomic E-state index is 5.67. The minimum absolute atomic E-state index is 0.747. The first-order chi connectivity index (χ1) is 9.38. The topological polar surface area (TPSA) is 34.2 Å². The smallest absolute Gasteiger partial charge is 0.168 e. The first kappa shape index (κ1) is 15.8. The fraction of sp³-hybridized carbons (Fsp3) is 0.688. The van der Waals surface area contributed by atoms with Crippen LogP contribution < -0.4 is 10.1 Å². The van der Waals surface area contributed by atoms with Gasteiger partial charge in [-0.25, -0.2) is 4.98 Å². The summed E-state index contributed by atoms with van der Waals surface area (Å²) in [5.74, 6) is 1.75. The molecule has 0 atom stereocenters. The fourth-order valence-electron chi connectivity index (χ4n) is 1.96. The van der Waals surface area contributed by atoms with Gasteiger partial charge in [-0.2, -0.15) is 0 Å². The van der Waals surface area contributed by atoms with Crippen LogP contribution in [-0.4, -0.2) is 18.1 Å². The third-order valence-electron chi connectivity index (χ3n) is 3.06. The molecule has 3 heteroatoms. The van der Waals surface area contributed by atoms with Gasteiger partial charge in [-0.3, -0.25) is 0 Å². The maximum Gasteiger partial charge on any atom is 0.168 e. The molecule has 0 saturated heterocycles. The van der Waals surface area contributed by atoms with Gasteiger partial charge in [-0.15, -0.1) is 0 Å². The van der Waals surface area contributed by atoms with E-state index in [-0.39, 0.29) is 0 Å². The summed E-state index contributed by atoms with van der Waals surface area (Å²) in [6.45, 7) is 6.09. The molecule has 19 heavy (non-hydrogen) atoms. The average molecular weight is 264 g/mol. The van der Waals surface area contributed by atoms with E-state index >= 15 is 0 Å². The van der Waals surface area contributed by atoms with Crippen molar-refractivity contribution in [3.05, 3.63) is 18.3 Å². The SMILES string of the molecule is CCCCCCCCNc1ncccc1OCCC. The van der Waals surface area contributed by atoms with E-state index in [4.69, 9.17) is 4.74 Å². The maximum absolute atomic E-state index is 5.67. The van der Waals surface area contributed by atoms with Crippen LogP contribution in [0.1, 0.15) is 58.8 Å². The number of nitrogens with one attached hydrogen (secondary N) is 1. The monoisotopic (exact) mass is 264 g/mol. The molecule has 1 rings (SSSR count). The first-order valence-corrected chi connectivity index (χ1v) is 7.70. The van der Waals surface area contributed by atoms with E-state index in [1.807, 2.05) is 18.3 Å². The zero-order valence-electron chi connectivity index (χ0n) is 12.5. The highest BCUT2D eigenvalue weighted by Crippen LogP contribution is 2.21. The average Bonchev–Trinajstić information content (AvgIpc) is 2.45. The van der Waals surface area contributed by atoms with Crippen LogP contribution in [0.4, 0.5) is 5.82 Å². The Labute approximate surface area is 117 Å². The van der Waals surface area contributed by atoms with Crippen LogP contribution in [-0.2, 0) is 0 Å². The molecule has 0 spiro atoms. The van der Waals surface area contributed by atoms with E-state index in [9.17, 15) is 0 Å². The molecule has 1 aromatic heterocycles. The molecule has 0 fully saturated rings. The zero-order chi connectivity index (χ0) is 13.8. The van der Waals surface area contributed by atoms with Crippen molar-refractivity contribution in [2.75, 3.05) is 18.5 Å². The highest BCUT2D eigenvalue weighted by atomic mass is 16.5. The zero-order valence-corrected chi connectivity index (χ0v) is 12.5. The molecule has 1 N–H and O–H groups in total. The Morgan fingerprint density at radius 3 is 2.63 bits per heavy atom. The van der Waals surface area contributed by atoms with Crippen LogP contribution in [0.5, 0.6) is 5.75 Å². The lowest BCUT2D eigenvalue weighted by Gasteiger charge is -2.11. The molecule has 0 amide bonds. The first-order valence-electron chi connectivity index (χ1n) is 7.70. The minimum atomic E-state index is 0.747. The molecule has 0 aliphatic heterocycles. The highest BCUT2D eigenvalue weighted by Gasteiger charge is 2.02. The summed E-state index contributed by atoms with van der Waals surface area (Å²) in [6.07, 6.45) is 10.7. The lowest BCUT2D eigenvalue weighted by molar-refractivity contribution is 0.318. The summed E-state index contributed by atoms with van der Waals surface area (Å²) in [6, 6.07) is 3.90. The summed E-state index contributed by atoms with van der Waals surface area (Å²) in [5.41, 5.74) is 0. The summed E-state index contributed by atoms with van der Waals surface area (Å²) in [4.78, 5) is 4.34. The molecule has 0 bridgehead atoms. The van der Waals surface area contributed by atoms with E-state index in [0.717, 1.165) is 31.1 Å². The molecule has 0 unspecified atom stereocenters. The summed E-state index contributed by atoms with van der Waals surface area (Å²) >= 11 is 0. The van der Waals surface area contributed by atoms with E-state index in [1.165, 1.54) is 38.5 Å². The normalized spacial score (nSPS) is 10.4. The Morgan fingerprint density at radius 2 is 1.84 bits per heavy atom. The van der Waals surface area contributed by atoms with E-state index in [1.54, 1.807) is 0 Å². The fourth-order valence-corrected chi connectivity index (χ4v) is 1.96. The van der Waals surface area contributed by atoms with Gasteiger partial charge in [0.05, 0.1) is 6.61 Å². The largest absolute Gasteiger partial charge is 0.490 e. The molecule has 1 heterocycles. The third-order valence-corrected chi connectivity index (χ3v) is 3.06. The molecule has 0 saturated carbocycles. The van der Waals surface area contributed by atoms with Gasteiger partial charge in [0, 0.05) is 12.7 Å². The number of nitrogens with zero attached hydrogens (tertiary/aromatic N) is 1. The number of unbranched alkanes of at least 4 members (excludes halogenated alkanes) is 5. The van der Waals surface area contributed by atoms with Gasteiger partial charge in [0.2, 0.25) is 0 Å². The third kappa shape index (κ3) is 7.04. The number of aromatic nitrogens is 1. The molecule has 108 valence electrons. The number of anilines is 1. The molecular weight excluding hydrogens is 236 g/mol. The molecular formula is C16H28N2O. The molecule has 0 radical (unpaired) electrons. The van der Waals surface area contributed by atoms with Crippen molar-refractivity contribution in [2.24, 2.45) is 0 Å². The van der Waals surface area contributed by atoms with Crippen LogP contribution in [0.15, 0.2) is 18.3 Å². The van der Waals surface area contributed by atoms with Gasteiger partial charge in [-0.05, 0) is 25.0 Å². The Kier molecular flexibility index (Phi) is 8.86. The number of rotatable bonds is 11. The highest BCUT2D eigenvalue weighted by molar-refractivity contribution is 5.49. The van der Waals surface area contributed by atoms with Gasteiger partial charge in [0.15, 0.2) is 11.6 Å². The van der Waals surface area contributed by atoms with Gasteiger partial charge in [-0.1, -0.05) is 46.0 Å². The van der Waals surface area contributed by atoms with Crippen molar-refractivity contribution < 1.29 is 4.74 Å². The second-order valence-electron chi connectivity index (χ2n) is 4.89. The predicted molar refractivity (Wildman–Crippen MR) is 81.9 cm³/mol. The van der Waals surface area contributed by atoms with Crippen molar-refractivity contribution in [3.8, 4) is 5.75 Å². The quantitative estimate of drug-likeness (QED) is 0.591. The Bertz CT molecular complexity index is 328. The van der Waals surface area contributed by atoms with Crippen LogP contribution >= 0.6 is 0 Å². The van der Waals surface area contributed by atoms with E-state index in [2.05, 4.69) is 24.1 Å². The van der Waals surface area contributed by atoms with Crippen molar-refractivity contribution in [1.29, 1.82) is 0 Å². The summed E-state index contributed by atoms with van der Waals surface area (Å²) in [7, 11) is 0. The summed E-state index contributed by atoms with van der Waals surface area (Å²) in [5, 5.41) is 3.38. The van der Waals surface area contributed by atoms with Crippen molar-refractivity contribution in [2.45, 2.75) is 58.8 Å². The van der Waals surface area contributed by atoms with E-state index < -0.39 is 0 Å². The lowest BCUT2D eigenvalue weighted by atomic mass is 10.1. The summed E-state index contributed by atoms with van der Waals surface area (Å²) < 4.78 is 5.67. The van der Waals surface area contributed by atoms with Gasteiger partial charge in [0.1, 0.15) is 0 Å². The second-order valence-corrected chi connectivity index (χ2v) is 4.89. The second kappa shape index (κ2) is 10.7. The van der Waals surface area contributed by atoms with Gasteiger partial charge < -0.3 is 10.1 Å². The van der Waals surface area contributed by atoms with Gasteiger partial charge >= 0.3 is 0 Å². The number of ether oxygens (including phenoxy) is 1. The predicted octanol–water partition coefficient (Wildman–Crippen LogP) is 4.64. The Morgan fingerprint density at radius 1 is 1.05 bits per heavy atom. The van der Waals surface area contributed by atoms with Crippen molar-refractivity contribution in [1.82, 2.24) is 4.98 Å². The molecule has 0 aromatic carbocycles. The Hall–Kier alpha value is -1.25. The Balaban J connectivity index is 2.21. The lowest BCUT2D eigenvalue weighted by Crippen LogP contribution is -2.06. The molecule has 1 aromatic rings. The van der Waals surface area contributed by atoms with Crippen LogP contribution in [0.25, 0.3) is 0 Å². The number of hydrogen-bond acceptors (Lipinski definition) is 3. The van der Waals surface area contributed by atoms with Crippen molar-refractivity contribution in [3.63, 3.8) is 0 Å². The molecule has 3 nitrogen and oxygen atoms in total. The van der Waals surface area contributed by atoms with Crippen LogP contribution in [0.3, 0.4) is 0 Å². The molecule has 0 aliphatic rings.